The summed E-state index contributed by atoms with van der Waals surface area (Å²) in [4.78, 5) is 12.7. The molecule has 3 heteroatoms. The highest BCUT2D eigenvalue weighted by atomic mass is 16.5. The minimum atomic E-state index is -0.564. The van der Waals surface area contributed by atoms with Gasteiger partial charge in [0.25, 0.3) is 5.91 Å². The van der Waals surface area contributed by atoms with Crippen LogP contribution in [0, 0.1) is 0 Å². The minimum absolute atomic E-state index is 0.0432. The molecule has 2 atom stereocenters. The average Bonchev–Trinajstić information content (AvgIpc) is 2.73. The molecular weight excluding hydrogens is 346 g/mol. The molecule has 3 aromatic carbocycles. The molecule has 28 heavy (non-hydrogen) atoms. The van der Waals surface area contributed by atoms with Crippen molar-refractivity contribution in [2.24, 2.45) is 0 Å². The normalized spacial score (nSPS) is 15.5. The van der Waals surface area contributed by atoms with Crippen molar-refractivity contribution in [2.75, 3.05) is 0 Å². The van der Waals surface area contributed by atoms with Gasteiger partial charge >= 0.3 is 0 Å². The molecule has 0 heterocycles. The van der Waals surface area contributed by atoms with Gasteiger partial charge in [-0.15, -0.1) is 0 Å². The lowest BCUT2D eigenvalue weighted by molar-refractivity contribution is -0.127. The Kier molecular flexibility index (Phi) is 5.34. The molecule has 0 spiro atoms. The van der Waals surface area contributed by atoms with E-state index < -0.39 is 6.10 Å². The smallest absolute Gasteiger partial charge is 0.261 e. The predicted octanol–water partition coefficient (Wildman–Crippen LogP) is 5.36. The Morgan fingerprint density at radius 2 is 1.68 bits per heavy atom. The van der Waals surface area contributed by atoms with Gasteiger partial charge in [-0.1, -0.05) is 54.6 Å². The highest BCUT2D eigenvalue weighted by Gasteiger charge is 2.19. The van der Waals surface area contributed by atoms with Crippen LogP contribution in [0.15, 0.2) is 60.7 Å². The number of nitrogens with one attached hydrogen (secondary N) is 1. The van der Waals surface area contributed by atoms with Crippen molar-refractivity contribution in [1.29, 1.82) is 0 Å². The molecule has 3 aromatic rings. The quantitative estimate of drug-likeness (QED) is 0.653. The van der Waals surface area contributed by atoms with Crippen LogP contribution in [-0.4, -0.2) is 12.0 Å². The molecule has 0 aromatic heterocycles. The van der Waals surface area contributed by atoms with Crippen molar-refractivity contribution in [3.63, 3.8) is 0 Å². The van der Waals surface area contributed by atoms with Crippen LogP contribution < -0.4 is 10.1 Å². The van der Waals surface area contributed by atoms with Crippen molar-refractivity contribution in [3.8, 4) is 5.75 Å². The fraction of sp³-hybridized carbons (Fsp3) is 0.320. The molecule has 4 rings (SSSR count). The third-order valence-electron chi connectivity index (χ3n) is 5.65. The minimum Gasteiger partial charge on any atom is -0.480 e. The number of hydrogen-bond acceptors (Lipinski definition) is 2. The van der Waals surface area contributed by atoms with Gasteiger partial charge < -0.3 is 10.1 Å². The van der Waals surface area contributed by atoms with Crippen LogP contribution >= 0.6 is 0 Å². The summed E-state index contributed by atoms with van der Waals surface area (Å²) in [5, 5.41) is 5.23. The molecule has 2 unspecified atom stereocenters. The maximum absolute atomic E-state index is 12.7. The second kappa shape index (κ2) is 8.05. The number of aryl methyl sites for hydroxylation is 2. The summed E-state index contributed by atoms with van der Waals surface area (Å²) < 4.78 is 6.00. The first-order valence-electron chi connectivity index (χ1n) is 10.2. The van der Waals surface area contributed by atoms with Crippen LogP contribution in [0.1, 0.15) is 49.4 Å². The maximum Gasteiger partial charge on any atom is 0.261 e. The number of hydrogen-bond donors (Lipinski definition) is 1. The van der Waals surface area contributed by atoms with E-state index in [0.717, 1.165) is 28.5 Å². The molecule has 144 valence electrons. The highest BCUT2D eigenvalue weighted by Crippen LogP contribution is 2.27. The summed E-state index contributed by atoms with van der Waals surface area (Å²) in [6, 6.07) is 20.6. The molecule has 1 amide bonds. The number of ether oxygens (including phenoxy) is 1. The summed E-state index contributed by atoms with van der Waals surface area (Å²) >= 11 is 0. The van der Waals surface area contributed by atoms with E-state index in [-0.39, 0.29) is 11.9 Å². The van der Waals surface area contributed by atoms with Crippen LogP contribution in [0.3, 0.4) is 0 Å². The van der Waals surface area contributed by atoms with E-state index in [4.69, 9.17) is 4.74 Å². The van der Waals surface area contributed by atoms with E-state index in [2.05, 4.69) is 23.5 Å². The summed E-state index contributed by atoms with van der Waals surface area (Å²) in [6.45, 7) is 3.84. The van der Waals surface area contributed by atoms with E-state index >= 15 is 0 Å². The van der Waals surface area contributed by atoms with Crippen LogP contribution in [0.4, 0.5) is 0 Å². The monoisotopic (exact) mass is 373 g/mol. The molecule has 1 N–H and O–H groups in total. The van der Waals surface area contributed by atoms with Gasteiger partial charge in [-0.3, -0.25) is 4.79 Å². The maximum atomic E-state index is 12.7. The molecule has 3 nitrogen and oxygen atoms in total. The number of carbonyl (C=O) groups is 1. The van der Waals surface area contributed by atoms with E-state index in [9.17, 15) is 4.79 Å². The Labute approximate surface area is 166 Å². The molecule has 1 aliphatic carbocycles. The molecule has 0 bridgehead atoms. The van der Waals surface area contributed by atoms with Crippen molar-refractivity contribution in [1.82, 2.24) is 5.32 Å². The third-order valence-corrected chi connectivity index (χ3v) is 5.65. The van der Waals surface area contributed by atoms with Gasteiger partial charge in [-0.25, -0.2) is 0 Å². The second-order valence-corrected chi connectivity index (χ2v) is 7.70. The molecule has 0 saturated heterocycles. The number of carbonyl (C=O) groups excluding carboxylic acids is 1. The van der Waals surface area contributed by atoms with E-state index in [1.54, 1.807) is 6.92 Å². The summed E-state index contributed by atoms with van der Waals surface area (Å²) in [7, 11) is 0. The summed E-state index contributed by atoms with van der Waals surface area (Å²) in [5.41, 5.74) is 4.05. The topological polar surface area (TPSA) is 38.3 Å². The number of rotatable bonds is 5. The van der Waals surface area contributed by atoms with Crippen LogP contribution in [0.25, 0.3) is 10.8 Å². The first-order chi connectivity index (χ1) is 13.6. The zero-order chi connectivity index (χ0) is 19.5. The second-order valence-electron chi connectivity index (χ2n) is 7.70. The van der Waals surface area contributed by atoms with Gasteiger partial charge in [0.05, 0.1) is 6.04 Å². The fourth-order valence-corrected chi connectivity index (χ4v) is 3.98. The predicted molar refractivity (Wildman–Crippen MR) is 114 cm³/mol. The fourth-order valence-electron chi connectivity index (χ4n) is 3.98. The van der Waals surface area contributed by atoms with E-state index in [1.165, 1.54) is 30.4 Å². The summed E-state index contributed by atoms with van der Waals surface area (Å²) in [6.07, 6.45) is 4.29. The largest absolute Gasteiger partial charge is 0.480 e. The highest BCUT2D eigenvalue weighted by molar-refractivity contribution is 5.89. The Morgan fingerprint density at radius 3 is 2.54 bits per heavy atom. The molecular formula is C25H27NO2. The van der Waals surface area contributed by atoms with Crippen molar-refractivity contribution in [3.05, 3.63) is 77.4 Å². The van der Waals surface area contributed by atoms with Crippen LogP contribution in [0.5, 0.6) is 5.75 Å². The number of benzene rings is 3. The Morgan fingerprint density at radius 1 is 0.929 bits per heavy atom. The van der Waals surface area contributed by atoms with Gasteiger partial charge in [0.2, 0.25) is 0 Å². The van der Waals surface area contributed by atoms with E-state index in [1.807, 2.05) is 49.4 Å². The Hall–Kier alpha value is -2.81. The third kappa shape index (κ3) is 3.89. The molecule has 0 radical (unpaired) electrons. The SMILES string of the molecule is CC(Oc1cccc2ccccc12)C(=O)NC(C)c1ccc2c(c1)CCCC2. The first kappa shape index (κ1) is 18.5. The molecule has 0 saturated carbocycles. The van der Waals surface area contributed by atoms with Gasteiger partial charge in [-0.05, 0) is 67.7 Å². The zero-order valence-corrected chi connectivity index (χ0v) is 16.6. The van der Waals surface area contributed by atoms with Crippen LogP contribution in [-0.2, 0) is 17.6 Å². The summed E-state index contributed by atoms with van der Waals surface area (Å²) in [5.74, 6) is 0.639. The lowest BCUT2D eigenvalue weighted by atomic mass is 9.89. The first-order valence-corrected chi connectivity index (χ1v) is 10.2. The number of fused-ring (bicyclic) bond motifs is 2. The van der Waals surface area contributed by atoms with Gasteiger partial charge in [-0.2, -0.15) is 0 Å². The lowest BCUT2D eigenvalue weighted by Crippen LogP contribution is -2.37. The van der Waals surface area contributed by atoms with Gasteiger partial charge in [0.15, 0.2) is 6.10 Å². The molecule has 1 aliphatic rings. The van der Waals surface area contributed by atoms with Gasteiger partial charge in [0.1, 0.15) is 5.75 Å². The number of amides is 1. The van der Waals surface area contributed by atoms with Crippen molar-refractivity contribution in [2.45, 2.75) is 51.7 Å². The van der Waals surface area contributed by atoms with Crippen LogP contribution in [0.2, 0.25) is 0 Å². The Bertz CT molecular complexity index is 990. The Balaban J connectivity index is 1.44. The average molecular weight is 373 g/mol. The van der Waals surface area contributed by atoms with Crippen molar-refractivity contribution >= 4 is 16.7 Å². The lowest BCUT2D eigenvalue weighted by Gasteiger charge is -2.22. The standard InChI is InChI=1S/C25H27NO2/c1-17(21-15-14-19-8-3-4-10-22(19)16-21)26-25(27)18(2)28-24-13-7-11-20-9-5-6-12-23(20)24/h5-7,9,11-18H,3-4,8,10H2,1-2H3,(H,26,27). The molecule has 0 fully saturated rings. The zero-order valence-electron chi connectivity index (χ0n) is 16.6. The van der Waals surface area contributed by atoms with Crippen molar-refractivity contribution < 1.29 is 9.53 Å². The van der Waals surface area contributed by atoms with E-state index in [0.29, 0.717) is 0 Å². The molecule has 0 aliphatic heterocycles. The van der Waals surface area contributed by atoms with Gasteiger partial charge in [0, 0.05) is 5.39 Å².